The standard InChI is InChI=1S/C33H35F6N7O/c1-17-9-23-21(11-40-44-23)24(26(17)33(37,38)39)25-22(35)10-20-28(27(25)36)41-30(42-29(20)46-13-19-3-5-31(2,14-46)43-19)47-16-32(6-7-32)15-45-8-4-18(34)12-45/h9-11,18-19,43H,3-8,12-16H2,1-2H3,(H,40,44)/t18-,19-,31-/m1/s1. The lowest BCUT2D eigenvalue weighted by Gasteiger charge is -2.40. The number of aromatic amines is 1. The first-order chi connectivity index (χ1) is 22.3. The summed E-state index contributed by atoms with van der Waals surface area (Å²) in [5.41, 5.74) is -3.38. The number of aryl methyl sites for hydroxylation is 1. The predicted molar refractivity (Wildman–Crippen MR) is 164 cm³/mol. The number of fused-ring (bicyclic) bond motifs is 4. The average Bonchev–Trinajstić information content (AvgIpc) is 3.25. The molecule has 3 atom stereocenters. The number of rotatable bonds is 7. The molecule has 2 N–H and O–H groups in total. The summed E-state index contributed by atoms with van der Waals surface area (Å²) in [5.74, 6) is -2.12. The SMILES string of the molecule is Cc1cc2[nH]ncc2c(-c2c(F)cc3c(N4C[C@H]5CC[C@](C)(C4)N5)nc(OCC4(CN5CC[C@@H](F)C5)CC4)nc3c2F)c1C(F)(F)F. The van der Waals surface area contributed by atoms with Gasteiger partial charge in [0, 0.05) is 66.1 Å². The maximum absolute atomic E-state index is 16.9. The number of hydrogen-bond donors (Lipinski definition) is 2. The van der Waals surface area contributed by atoms with Crippen LogP contribution in [0.4, 0.5) is 32.2 Å². The van der Waals surface area contributed by atoms with E-state index in [-0.39, 0.29) is 62.8 Å². The van der Waals surface area contributed by atoms with E-state index in [0.717, 1.165) is 37.9 Å². The Morgan fingerprint density at radius 2 is 1.85 bits per heavy atom. The van der Waals surface area contributed by atoms with Gasteiger partial charge in [0.15, 0.2) is 5.82 Å². The maximum Gasteiger partial charge on any atom is 0.417 e. The Labute approximate surface area is 266 Å². The van der Waals surface area contributed by atoms with Gasteiger partial charge in [-0.05, 0) is 63.6 Å². The third-order valence-electron chi connectivity index (χ3n) is 10.4. The summed E-state index contributed by atoms with van der Waals surface area (Å²) >= 11 is 0. The van der Waals surface area contributed by atoms with Gasteiger partial charge in [-0.25, -0.2) is 13.2 Å². The van der Waals surface area contributed by atoms with Crippen molar-refractivity contribution >= 4 is 27.6 Å². The molecule has 0 spiro atoms. The molecule has 0 radical (unpaired) electrons. The van der Waals surface area contributed by atoms with Gasteiger partial charge in [-0.1, -0.05) is 0 Å². The summed E-state index contributed by atoms with van der Waals surface area (Å²) in [7, 11) is 0. The van der Waals surface area contributed by atoms with Crippen LogP contribution in [0.15, 0.2) is 18.3 Å². The van der Waals surface area contributed by atoms with Crippen molar-refractivity contribution in [2.45, 2.75) is 69.9 Å². The highest BCUT2D eigenvalue weighted by Crippen LogP contribution is 2.48. The van der Waals surface area contributed by atoms with Crippen molar-refractivity contribution in [3.8, 4) is 17.1 Å². The third kappa shape index (κ3) is 5.37. The lowest BCUT2D eigenvalue weighted by atomic mass is 9.90. The summed E-state index contributed by atoms with van der Waals surface area (Å²) < 4.78 is 96.6. The molecule has 8 nitrogen and oxygen atoms in total. The van der Waals surface area contributed by atoms with Crippen molar-refractivity contribution in [1.29, 1.82) is 0 Å². The van der Waals surface area contributed by atoms with Crippen LogP contribution in [-0.4, -0.2) is 82.1 Å². The fourth-order valence-corrected chi connectivity index (χ4v) is 8.00. The highest BCUT2D eigenvalue weighted by molar-refractivity contribution is 6.01. The molecule has 250 valence electrons. The molecule has 0 amide bonds. The normalized spacial score (nSPS) is 25.7. The highest BCUT2D eigenvalue weighted by atomic mass is 19.4. The number of anilines is 1. The monoisotopic (exact) mass is 659 g/mol. The van der Waals surface area contributed by atoms with Gasteiger partial charge in [-0.3, -0.25) is 10.00 Å². The van der Waals surface area contributed by atoms with Crippen molar-refractivity contribution in [2.75, 3.05) is 44.2 Å². The largest absolute Gasteiger partial charge is 0.463 e. The summed E-state index contributed by atoms with van der Waals surface area (Å²) in [6.45, 7) is 6.30. The van der Waals surface area contributed by atoms with Crippen molar-refractivity contribution in [1.82, 2.24) is 30.4 Å². The van der Waals surface area contributed by atoms with Crippen LogP contribution in [0.3, 0.4) is 0 Å². The molecule has 2 aromatic heterocycles. The van der Waals surface area contributed by atoms with Crippen LogP contribution >= 0.6 is 0 Å². The lowest BCUT2D eigenvalue weighted by Crippen LogP contribution is -2.58. The Hall–Kier alpha value is -3.65. The molecule has 1 aliphatic carbocycles. The Morgan fingerprint density at radius 1 is 1.04 bits per heavy atom. The summed E-state index contributed by atoms with van der Waals surface area (Å²) in [6.07, 6.45) is -0.525. The summed E-state index contributed by atoms with van der Waals surface area (Å²) in [6, 6.07) is 2.31. The number of benzene rings is 2. The molecule has 0 unspecified atom stereocenters. The highest BCUT2D eigenvalue weighted by Gasteiger charge is 2.47. The number of piperazine rings is 1. The van der Waals surface area contributed by atoms with Gasteiger partial charge in [0.25, 0.3) is 0 Å². The first-order valence-corrected chi connectivity index (χ1v) is 16.1. The fraction of sp³-hybridized carbons (Fsp3) is 0.545. The van der Waals surface area contributed by atoms with E-state index in [4.69, 9.17) is 4.74 Å². The molecule has 2 aromatic carbocycles. The zero-order valence-electron chi connectivity index (χ0n) is 26.1. The van der Waals surface area contributed by atoms with Gasteiger partial charge in [0.1, 0.15) is 23.3 Å². The second-order valence-electron chi connectivity index (χ2n) is 14.3. The molecule has 3 aliphatic heterocycles. The molecular weight excluding hydrogens is 624 g/mol. The van der Waals surface area contributed by atoms with E-state index in [2.05, 4.69) is 37.3 Å². The zero-order valence-corrected chi connectivity index (χ0v) is 26.1. The Morgan fingerprint density at radius 3 is 2.55 bits per heavy atom. The Kier molecular flexibility index (Phi) is 6.97. The number of nitrogens with one attached hydrogen (secondary N) is 2. The van der Waals surface area contributed by atoms with Crippen LogP contribution in [0.25, 0.3) is 32.9 Å². The fourth-order valence-electron chi connectivity index (χ4n) is 8.00. The van der Waals surface area contributed by atoms with E-state index < -0.39 is 40.7 Å². The number of likely N-dealkylation sites (tertiary alicyclic amines) is 1. The molecule has 4 aromatic rings. The van der Waals surface area contributed by atoms with Crippen LogP contribution in [0.5, 0.6) is 6.01 Å². The molecule has 47 heavy (non-hydrogen) atoms. The molecule has 3 saturated heterocycles. The number of hydrogen-bond acceptors (Lipinski definition) is 7. The molecule has 2 bridgehead atoms. The summed E-state index contributed by atoms with van der Waals surface area (Å²) in [5, 5.41) is 10.1. The van der Waals surface area contributed by atoms with Gasteiger partial charge in [-0.15, -0.1) is 0 Å². The van der Waals surface area contributed by atoms with Crippen LogP contribution < -0.4 is 15.0 Å². The van der Waals surface area contributed by atoms with Crippen LogP contribution in [0, 0.1) is 24.0 Å². The van der Waals surface area contributed by atoms with Gasteiger partial charge >= 0.3 is 12.2 Å². The lowest BCUT2D eigenvalue weighted by molar-refractivity contribution is -0.137. The van der Waals surface area contributed by atoms with Crippen molar-refractivity contribution < 1.29 is 31.1 Å². The van der Waals surface area contributed by atoms with Crippen LogP contribution in [0.1, 0.15) is 50.2 Å². The zero-order chi connectivity index (χ0) is 32.9. The molecule has 14 heteroatoms. The van der Waals surface area contributed by atoms with Crippen LogP contribution in [0.2, 0.25) is 0 Å². The summed E-state index contributed by atoms with van der Waals surface area (Å²) in [4.78, 5) is 13.1. The molecule has 4 fully saturated rings. The number of alkyl halides is 4. The number of ether oxygens (including phenoxy) is 1. The smallest absolute Gasteiger partial charge is 0.417 e. The van der Waals surface area contributed by atoms with E-state index in [1.165, 1.54) is 13.0 Å². The van der Waals surface area contributed by atoms with E-state index in [0.29, 0.717) is 39.1 Å². The van der Waals surface area contributed by atoms with E-state index >= 15 is 8.78 Å². The predicted octanol–water partition coefficient (Wildman–Crippen LogP) is 6.31. The van der Waals surface area contributed by atoms with Crippen molar-refractivity contribution in [2.24, 2.45) is 5.41 Å². The van der Waals surface area contributed by atoms with Gasteiger partial charge < -0.3 is 15.0 Å². The minimum absolute atomic E-state index is 0.0536. The van der Waals surface area contributed by atoms with Gasteiger partial charge in [0.2, 0.25) is 0 Å². The number of halogens is 6. The quantitative estimate of drug-likeness (QED) is 0.225. The molecule has 1 saturated carbocycles. The van der Waals surface area contributed by atoms with E-state index in [1.807, 2.05) is 4.90 Å². The minimum Gasteiger partial charge on any atom is -0.463 e. The second-order valence-corrected chi connectivity index (χ2v) is 14.3. The Balaban J connectivity index is 1.26. The third-order valence-corrected chi connectivity index (χ3v) is 10.4. The molecule has 8 rings (SSSR count). The van der Waals surface area contributed by atoms with Crippen molar-refractivity contribution in [3.63, 3.8) is 0 Å². The molecule has 4 aliphatic rings. The topological polar surface area (TPSA) is 82.2 Å². The second kappa shape index (κ2) is 10.7. The molecular formula is C33H35F6N7O. The maximum atomic E-state index is 16.9. The minimum atomic E-state index is -4.91. The van der Waals surface area contributed by atoms with Crippen LogP contribution in [-0.2, 0) is 6.18 Å². The van der Waals surface area contributed by atoms with Gasteiger partial charge in [0.05, 0.1) is 29.4 Å². The van der Waals surface area contributed by atoms with E-state index in [9.17, 15) is 17.6 Å². The number of aromatic nitrogens is 4. The van der Waals surface area contributed by atoms with E-state index in [1.54, 1.807) is 0 Å². The number of H-pyrrole nitrogens is 1. The first kappa shape index (κ1) is 30.7. The van der Waals surface area contributed by atoms with Gasteiger partial charge in [-0.2, -0.15) is 28.2 Å². The average molecular weight is 660 g/mol. The molecule has 5 heterocycles. The first-order valence-electron chi connectivity index (χ1n) is 16.1. The number of nitrogens with zero attached hydrogens (tertiary/aromatic N) is 5. The van der Waals surface area contributed by atoms with Crippen molar-refractivity contribution in [3.05, 3.63) is 41.1 Å². The Bertz CT molecular complexity index is 1890.